The smallest absolute Gasteiger partial charge is 0.0295 e. The van der Waals surface area contributed by atoms with Gasteiger partial charge in [0.1, 0.15) is 0 Å². The number of hydrogen-bond acceptors (Lipinski definition) is 3. The Kier molecular flexibility index (Phi) is 6.60. The Labute approximate surface area is 110 Å². The summed E-state index contributed by atoms with van der Waals surface area (Å²) in [4.78, 5) is 4.04. The van der Waals surface area contributed by atoms with Gasteiger partial charge in [-0.15, -0.1) is 0 Å². The van der Waals surface area contributed by atoms with Crippen LogP contribution in [0.3, 0.4) is 0 Å². The van der Waals surface area contributed by atoms with Crippen LogP contribution >= 0.6 is 11.8 Å². The van der Waals surface area contributed by atoms with Crippen LogP contribution in [0, 0.1) is 5.92 Å². The van der Waals surface area contributed by atoms with E-state index in [9.17, 15) is 0 Å². The van der Waals surface area contributed by atoms with Gasteiger partial charge >= 0.3 is 0 Å². The summed E-state index contributed by atoms with van der Waals surface area (Å²) < 4.78 is 0. The molecule has 0 fully saturated rings. The Balaban J connectivity index is 2.28. The third kappa shape index (κ3) is 6.08. The Morgan fingerprint density at radius 1 is 1.12 bits per heavy atom. The molecule has 0 aromatic carbocycles. The standard InChI is InChI=1S/C14H24N2S/c1-11(2)9-17-10-12(3)16-13(4)14-5-7-15-8-6-14/h5-8,11-13,16H,9-10H2,1-4H3/t12-,13+/m0/s1. The zero-order chi connectivity index (χ0) is 12.7. The number of nitrogens with one attached hydrogen (secondary N) is 1. The van der Waals surface area contributed by atoms with E-state index in [0.29, 0.717) is 12.1 Å². The van der Waals surface area contributed by atoms with Gasteiger partial charge in [0.2, 0.25) is 0 Å². The predicted octanol–water partition coefficient (Wildman–Crippen LogP) is 3.51. The largest absolute Gasteiger partial charge is 0.307 e. The van der Waals surface area contributed by atoms with Crippen LogP contribution in [0.15, 0.2) is 24.5 Å². The second-order valence-electron chi connectivity index (χ2n) is 5.00. The zero-order valence-electron chi connectivity index (χ0n) is 11.3. The maximum absolute atomic E-state index is 4.04. The first kappa shape index (κ1) is 14.5. The molecule has 96 valence electrons. The summed E-state index contributed by atoms with van der Waals surface area (Å²) in [6.45, 7) is 9.00. The van der Waals surface area contributed by atoms with Gasteiger partial charge in [-0.1, -0.05) is 13.8 Å². The molecule has 1 aromatic heterocycles. The van der Waals surface area contributed by atoms with Gasteiger partial charge in [0.25, 0.3) is 0 Å². The van der Waals surface area contributed by atoms with Crippen molar-refractivity contribution in [3.05, 3.63) is 30.1 Å². The van der Waals surface area contributed by atoms with Crippen LogP contribution in [0.5, 0.6) is 0 Å². The van der Waals surface area contributed by atoms with Gasteiger partial charge < -0.3 is 5.32 Å². The van der Waals surface area contributed by atoms with Gasteiger partial charge in [0.05, 0.1) is 0 Å². The molecule has 0 spiro atoms. The van der Waals surface area contributed by atoms with Crippen molar-refractivity contribution >= 4 is 11.8 Å². The lowest BCUT2D eigenvalue weighted by molar-refractivity contribution is 0.510. The van der Waals surface area contributed by atoms with Crippen molar-refractivity contribution in [3.63, 3.8) is 0 Å². The number of nitrogens with zero attached hydrogens (tertiary/aromatic N) is 1. The Hall–Kier alpha value is -0.540. The average molecular weight is 252 g/mol. The lowest BCUT2D eigenvalue weighted by Crippen LogP contribution is -2.31. The first-order chi connectivity index (χ1) is 8.09. The molecule has 0 saturated carbocycles. The highest BCUT2D eigenvalue weighted by molar-refractivity contribution is 7.99. The molecule has 1 N–H and O–H groups in total. The van der Waals surface area contributed by atoms with Crippen molar-refractivity contribution in [1.82, 2.24) is 10.3 Å². The van der Waals surface area contributed by atoms with Gasteiger partial charge in [0, 0.05) is 30.2 Å². The van der Waals surface area contributed by atoms with E-state index in [4.69, 9.17) is 0 Å². The molecule has 3 heteroatoms. The van der Waals surface area contributed by atoms with Crippen LogP contribution in [0.2, 0.25) is 0 Å². The van der Waals surface area contributed by atoms with E-state index in [1.807, 2.05) is 24.2 Å². The number of pyridine rings is 1. The van der Waals surface area contributed by atoms with E-state index < -0.39 is 0 Å². The van der Waals surface area contributed by atoms with Gasteiger partial charge in [-0.3, -0.25) is 4.98 Å². The minimum absolute atomic E-state index is 0.396. The van der Waals surface area contributed by atoms with Crippen LogP contribution in [0.1, 0.15) is 39.3 Å². The van der Waals surface area contributed by atoms with Gasteiger partial charge in [-0.05, 0) is 43.2 Å². The highest BCUT2D eigenvalue weighted by Crippen LogP contribution is 2.14. The first-order valence-corrected chi connectivity index (χ1v) is 7.48. The highest BCUT2D eigenvalue weighted by Gasteiger charge is 2.09. The second-order valence-corrected chi connectivity index (χ2v) is 6.08. The van der Waals surface area contributed by atoms with Gasteiger partial charge in [-0.2, -0.15) is 11.8 Å². The number of aromatic nitrogens is 1. The normalized spacial score (nSPS) is 14.9. The average Bonchev–Trinajstić information content (AvgIpc) is 2.29. The molecule has 0 aliphatic heterocycles. The van der Waals surface area contributed by atoms with Crippen molar-refractivity contribution in [2.45, 2.75) is 39.8 Å². The third-order valence-electron chi connectivity index (χ3n) is 2.56. The number of hydrogen-bond donors (Lipinski definition) is 1. The van der Waals surface area contributed by atoms with E-state index in [1.165, 1.54) is 17.1 Å². The van der Waals surface area contributed by atoms with Gasteiger partial charge in [-0.25, -0.2) is 0 Å². The fourth-order valence-electron chi connectivity index (χ4n) is 1.70. The summed E-state index contributed by atoms with van der Waals surface area (Å²) in [5.41, 5.74) is 1.31. The summed E-state index contributed by atoms with van der Waals surface area (Å²) >= 11 is 2.03. The summed E-state index contributed by atoms with van der Waals surface area (Å²) in [7, 11) is 0. The van der Waals surface area contributed by atoms with Crippen LogP contribution in [-0.2, 0) is 0 Å². The molecular formula is C14H24N2S. The fraction of sp³-hybridized carbons (Fsp3) is 0.643. The third-order valence-corrected chi connectivity index (χ3v) is 4.20. The van der Waals surface area contributed by atoms with E-state index in [2.05, 4.69) is 50.1 Å². The second kappa shape index (κ2) is 7.72. The topological polar surface area (TPSA) is 24.9 Å². The minimum Gasteiger partial charge on any atom is -0.307 e. The SMILES string of the molecule is CC(C)CSC[C@H](C)N[C@H](C)c1ccncc1. The molecule has 0 aliphatic carbocycles. The molecule has 1 rings (SSSR count). The maximum atomic E-state index is 4.04. The molecule has 0 unspecified atom stereocenters. The monoisotopic (exact) mass is 252 g/mol. The first-order valence-electron chi connectivity index (χ1n) is 6.33. The zero-order valence-corrected chi connectivity index (χ0v) is 12.1. The minimum atomic E-state index is 0.396. The molecule has 2 nitrogen and oxygen atoms in total. The van der Waals surface area contributed by atoms with Crippen LogP contribution in [0.4, 0.5) is 0 Å². The van der Waals surface area contributed by atoms with Crippen molar-refractivity contribution < 1.29 is 0 Å². The van der Waals surface area contributed by atoms with Crippen molar-refractivity contribution in [2.24, 2.45) is 5.92 Å². The van der Waals surface area contributed by atoms with E-state index >= 15 is 0 Å². The number of rotatable bonds is 7. The summed E-state index contributed by atoms with van der Waals surface area (Å²) in [6.07, 6.45) is 3.71. The van der Waals surface area contributed by atoms with Gasteiger partial charge in [0.15, 0.2) is 0 Å². The van der Waals surface area contributed by atoms with Crippen LogP contribution < -0.4 is 5.32 Å². The Morgan fingerprint density at radius 2 is 1.76 bits per heavy atom. The van der Waals surface area contributed by atoms with Crippen molar-refractivity contribution in [1.29, 1.82) is 0 Å². The summed E-state index contributed by atoms with van der Waals surface area (Å²) in [5, 5.41) is 3.62. The van der Waals surface area contributed by atoms with E-state index in [-0.39, 0.29) is 0 Å². The van der Waals surface area contributed by atoms with Crippen molar-refractivity contribution in [2.75, 3.05) is 11.5 Å². The lowest BCUT2D eigenvalue weighted by Gasteiger charge is -2.20. The molecule has 0 aliphatic rings. The Morgan fingerprint density at radius 3 is 2.35 bits per heavy atom. The van der Waals surface area contributed by atoms with Crippen molar-refractivity contribution in [3.8, 4) is 0 Å². The van der Waals surface area contributed by atoms with Crippen LogP contribution in [-0.4, -0.2) is 22.5 Å². The predicted molar refractivity (Wildman–Crippen MR) is 77.4 cm³/mol. The number of thioether (sulfide) groups is 1. The molecule has 2 atom stereocenters. The maximum Gasteiger partial charge on any atom is 0.0295 e. The molecule has 0 amide bonds. The Bertz CT molecular complexity index is 300. The molecule has 1 heterocycles. The molecule has 1 aromatic rings. The van der Waals surface area contributed by atoms with E-state index in [1.54, 1.807) is 0 Å². The van der Waals surface area contributed by atoms with E-state index in [0.717, 1.165) is 5.92 Å². The molecule has 0 bridgehead atoms. The molecule has 0 radical (unpaired) electrons. The fourth-order valence-corrected chi connectivity index (χ4v) is 2.76. The van der Waals surface area contributed by atoms with Crippen LogP contribution in [0.25, 0.3) is 0 Å². The quantitative estimate of drug-likeness (QED) is 0.804. The molecule has 0 saturated heterocycles. The summed E-state index contributed by atoms with van der Waals surface area (Å²) in [6, 6.07) is 5.09. The lowest BCUT2D eigenvalue weighted by atomic mass is 10.1. The highest BCUT2D eigenvalue weighted by atomic mass is 32.2. The molecular weight excluding hydrogens is 228 g/mol. The summed E-state index contributed by atoms with van der Waals surface area (Å²) in [5.74, 6) is 3.20. The molecule has 17 heavy (non-hydrogen) atoms.